The van der Waals surface area contributed by atoms with Gasteiger partial charge in [0.15, 0.2) is 0 Å². The summed E-state index contributed by atoms with van der Waals surface area (Å²) in [6, 6.07) is 6.72. The van der Waals surface area contributed by atoms with Crippen LogP contribution in [0.1, 0.15) is 31.9 Å². The molecule has 0 spiro atoms. The minimum absolute atomic E-state index is 0.187. The van der Waals surface area contributed by atoms with E-state index >= 15 is 0 Å². The lowest BCUT2D eigenvalue weighted by atomic mass is 10.1. The summed E-state index contributed by atoms with van der Waals surface area (Å²) >= 11 is 3.49. The van der Waals surface area contributed by atoms with E-state index in [1.807, 2.05) is 6.07 Å². The molecule has 0 aromatic heterocycles. The highest BCUT2D eigenvalue weighted by atomic mass is 79.9. The molecular weight excluding hydrogens is 280 g/mol. The topological polar surface area (TPSA) is 47.3 Å². The van der Waals surface area contributed by atoms with Crippen LogP contribution in [0.15, 0.2) is 22.7 Å². The van der Waals surface area contributed by atoms with Crippen molar-refractivity contribution >= 4 is 15.9 Å². The van der Waals surface area contributed by atoms with Crippen LogP contribution in [-0.2, 0) is 0 Å². The number of benzene rings is 1. The molecule has 0 saturated carbocycles. The average Bonchev–Trinajstić information content (AvgIpc) is 2.35. The molecule has 0 aliphatic carbocycles. The van der Waals surface area contributed by atoms with E-state index in [0.29, 0.717) is 12.6 Å². The Hall–Kier alpha value is -0.580. The fourth-order valence-corrected chi connectivity index (χ4v) is 2.22. The van der Waals surface area contributed by atoms with Gasteiger partial charge >= 0.3 is 0 Å². The Bertz CT molecular complexity index is 357. The lowest BCUT2D eigenvalue weighted by molar-refractivity contribution is 0.410. The summed E-state index contributed by atoms with van der Waals surface area (Å²) in [6.07, 6.45) is 1.09. The zero-order valence-electron chi connectivity index (χ0n) is 10.7. The monoisotopic (exact) mass is 300 g/mol. The molecule has 1 rings (SSSR count). The molecule has 0 radical (unpaired) electrons. The summed E-state index contributed by atoms with van der Waals surface area (Å²) < 4.78 is 6.18. The number of hydrogen-bond donors (Lipinski definition) is 2. The largest absolute Gasteiger partial charge is 0.496 e. The summed E-state index contributed by atoms with van der Waals surface area (Å²) in [5, 5.41) is 3.51. The molecule has 0 heterocycles. The van der Waals surface area contributed by atoms with Crippen molar-refractivity contribution in [3.05, 3.63) is 28.2 Å². The van der Waals surface area contributed by atoms with Gasteiger partial charge in [0.1, 0.15) is 5.75 Å². The van der Waals surface area contributed by atoms with Gasteiger partial charge in [-0.2, -0.15) is 0 Å². The van der Waals surface area contributed by atoms with Crippen molar-refractivity contribution in [2.24, 2.45) is 5.73 Å². The smallest absolute Gasteiger partial charge is 0.133 e. The fraction of sp³-hybridized carbons (Fsp3) is 0.538. The first-order chi connectivity index (χ1) is 8.12. The molecule has 96 valence electrons. The first kappa shape index (κ1) is 14.5. The molecular formula is C13H21BrN2O. The molecule has 0 aliphatic heterocycles. The molecule has 0 saturated heterocycles. The average molecular weight is 301 g/mol. The van der Waals surface area contributed by atoms with Gasteiger partial charge in [-0.3, -0.25) is 0 Å². The molecule has 2 atom stereocenters. The highest BCUT2D eigenvalue weighted by molar-refractivity contribution is 9.10. The lowest BCUT2D eigenvalue weighted by Gasteiger charge is -2.22. The van der Waals surface area contributed by atoms with Crippen LogP contribution in [0.5, 0.6) is 5.75 Å². The fourth-order valence-electron chi connectivity index (χ4n) is 1.66. The van der Waals surface area contributed by atoms with Crippen LogP contribution in [0.4, 0.5) is 0 Å². The van der Waals surface area contributed by atoms with Gasteiger partial charge in [-0.05, 0) is 47.0 Å². The minimum atomic E-state index is 0.187. The van der Waals surface area contributed by atoms with Gasteiger partial charge in [0.2, 0.25) is 0 Å². The minimum Gasteiger partial charge on any atom is -0.496 e. The Morgan fingerprint density at radius 1 is 1.47 bits per heavy atom. The summed E-state index contributed by atoms with van der Waals surface area (Å²) in [5.41, 5.74) is 7.00. The molecule has 1 aromatic rings. The Balaban J connectivity index is 2.85. The van der Waals surface area contributed by atoms with Crippen molar-refractivity contribution in [1.29, 1.82) is 0 Å². The van der Waals surface area contributed by atoms with Crippen molar-refractivity contribution in [1.82, 2.24) is 5.32 Å². The van der Waals surface area contributed by atoms with Gasteiger partial charge in [-0.15, -0.1) is 0 Å². The predicted octanol–water partition coefficient (Wildman–Crippen LogP) is 2.85. The van der Waals surface area contributed by atoms with E-state index in [-0.39, 0.29) is 6.04 Å². The molecule has 3 N–H and O–H groups in total. The second-order valence-corrected chi connectivity index (χ2v) is 5.01. The Kier molecular flexibility index (Phi) is 5.95. The summed E-state index contributed by atoms with van der Waals surface area (Å²) in [4.78, 5) is 0. The van der Waals surface area contributed by atoms with E-state index in [0.717, 1.165) is 16.6 Å². The van der Waals surface area contributed by atoms with Crippen molar-refractivity contribution in [2.75, 3.05) is 13.7 Å². The zero-order chi connectivity index (χ0) is 12.8. The van der Waals surface area contributed by atoms with Gasteiger partial charge in [-0.25, -0.2) is 0 Å². The van der Waals surface area contributed by atoms with E-state index in [1.54, 1.807) is 7.11 Å². The maximum Gasteiger partial charge on any atom is 0.133 e. The van der Waals surface area contributed by atoms with Crippen LogP contribution in [0.25, 0.3) is 0 Å². The number of rotatable bonds is 6. The van der Waals surface area contributed by atoms with Crippen LogP contribution >= 0.6 is 15.9 Å². The first-order valence-corrected chi connectivity index (χ1v) is 6.71. The molecule has 17 heavy (non-hydrogen) atoms. The van der Waals surface area contributed by atoms with Crippen LogP contribution in [-0.4, -0.2) is 19.7 Å². The third kappa shape index (κ3) is 3.98. The Morgan fingerprint density at radius 3 is 2.65 bits per heavy atom. The number of ether oxygens (including phenoxy) is 1. The van der Waals surface area contributed by atoms with Crippen LogP contribution < -0.4 is 15.8 Å². The number of nitrogens with one attached hydrogen (secondary N) is 1. The third-order valence-electron chi connectivity index (χ3n) is 2.91. The highest BCUT2D eigenvalue weighted by Crippen LogP contribution is 2.28. The molecule has 1 aromatic carbocycles. The molecule has 0 bridgehead atoms. The van der Waals surface area contributed by atoms with Gasteiger partial charge in [0, 0.05) is 18.6 Å². The molecule has 0 aliphatic rings. The molecule has 3 nitrogen and oxygen atoms in total. The number of nitrogens with two attached hydrogens (primary N) is 1. The van der Waals surface area contributed by atoms with Gasteiger partial charge < -0.3 is 15.8 Å². The normalized spacial score (nSPS) is 14.4. The van der Waals surface area contributed by atoms with E-state index in [2.05, 4.69) is 47.2 Å². The van der Waals surface area contributed by atoms with E-state index in [9.17, 15) is 0 Å². The predicted molar refractivity (Wildman–Crippen MR) is 75.4 cm³/mol. The highest BCUT2D eigenvalue weighted by Gasteiger charge is 2.13. The van der Waals surface area contributed by atoms with Crippen molar-refractivity contribution in [3.63, 3.8) is 0 Å². The molecule has 0 amide bonds. The number of halogens is 1. The molecule has 0 fully saturated rings. The summed E-state index contributed by atoms with van der Waals surface area (Å²) in [5.74, 6) is 0.841. The Labute approximate surface area is 112 Å². The first-order valence-electron chi connectivity index (χ1n) is 5.91. The number of methoxy groups -OCH3 is 1. The van der Waals surface area contributed by atoms with Crippen molar-refractivity contribution < 1.29 is 4.74 Å². The van der Waals surface area contributed by atoms with Gasteiger partial charge in [-0.1, -0.05) is 13.0 Å². The number of hydrogen-bond acceptors (Lipinski definition) is 3. The molecule has 4 heteroatoms. The second kappa shape index (κ2) is 6.99. The van der Waals surface area contributed by atoms with Crippen LogP contribution in [0.3, 0.4) is 0 Å². The van der Waals surface area contributed by atoms with Crippen molar-refractivity contribution in [3.8, 4) is 5.75 Å². The van der Waals surface area contributed by atoms with Gasteiger partial charge in [0.05, 0.1) is 11.6 Å². The summed E-state index contributed by atoms with van der Waals surface area (Å²) in [6.45, 7) is 4.92. The SMILES string of the molecule is CCC(C)NC(CN)c1ccc(OC)c(Br)c1. The third-order valence-corrected chi connectivity index (χ3v) is 3.53. The van der Waals surface area contributed by atoms with Crippen LogP contribution in [0.2, 0.25) is 0 Å². The lowest BCUT2D eigenvalue weighted by Crippen LogP contribution is -2.34. The Morgan fingerprint density at radius 2 is 2.18 bits per heavy atom. The van der Waals surface area contributed by atoms with Crippen molar-refractivity contribution in [2.45, 2.75) is 32.4 Å². The standard InChI is InChI=1S/C13H21BrN2O/c1-4-9(2)16-12(8-15)10-5-6-13(17-3)11(14)7-10/h5-7,9,12,16H,4,8,15H2,1-3H3. The maximum absolute atomic E-state index is 5.82. The zero-order valence-corrected chi connectivity index (χ0v) is 12.3. The molecule has 2 unspecified atom stereocenters. The summed E-state index contributed by atoms with van der Waals surface area (Å²) in [7, 11) is 1.66. The maximum atomic E-state index is 5.82. The van der Waals surface area contributed by atoms with E-state index in [1.165, 1.54) is 5.56 Å². The van der Waals surface area contributed by atoms with Gasteiger partial charge in [0.25, 0.3) is 0 Å². The quantitative estimate of drug-likeness (QED) is 0.849. The van der Waals surface area contributed by atoms with E-state index in [4.69, 9.17) is 10.5 Å². The second-order valence-electron chi connectivity index (χ2n) is 4.16. The van der Waals surface area contributed by atoms with Crippen LogP contribution in [0, 0.1) is 0 Å². The van der Waals surface area contributed by atoms with E-state index < -0.39 is 0 Å².